The van der Waals surface area contributed by atoms with Crippen molar-refractivity contribution in [3.8, 4) is 11.3 Å². The molecule has 168 valence electrons. The van der Waals surface area contributed by atoms with Crippen LogP contribution >= 0.6 is 0 Å². The van der Waals surface area contributed by atoms with Gasteiger partial charge in [-0.3, -0.25) is 15.6 Å². The van der Waals surface area contributed by atoms with Gasteiger partial charge in [0.25, 0.3) is 5.91 Å². The Labute approximate surface area is 191 Å². The van der Waals surface area contributed by atoms with Gasteiger partial charge in [-0.15, -0.1) is 0 Å². The summed E-state index contributed by atoms with van der Waals surface area (Å²) < 4.78 is 5.35. The summed E-state index contributed by atoms with van der Waals surface area (Å²) in [6.45, 7) is 3.14. The van der Waals surface area contributed by atoms with Gasteiger partial charge in [0.1, 0.15) is 0 Å². The molecule has 9 heteroatoms. The molecular weight excluding hydrogens is 418 g/mol. The molecule has 0 spiro atoms. The van der Waals surface area contributed by atoms with E-state index in [0.717, 1.165) is 31.6 Å². The molecule has 2 aromatic carbocycles. The molecule has 0 atom stereocenters. The van der Waals surface area contributed by atoms with Crippen LogP contribution in [0.25, 0.3) is 11.3 Å². The average molecular weight is 444 g/mol. The number of anilines is 1. The summed E-state index contributed by atoms with van der Waals surface area (Å²) in [5.74, 6) is -0.508. The molecule has 0 bridgehead atoms. The van der Waals surface area contributed by atoms with Crippen molar-refractivity contribution in [3.05, 3.63) is 77.6 Å². The zero-order chi connectivity index (χ0) is 23.2. The zero-order valence-corrected chi connectivity index (χ0v) is 18.0. The molecule has 0 radical (unpaired) electrons. The second-order valence-electron chi connectivity index (χ2n) is 7.59. The Bertz CT molecular complexity index is 1160. The maximum atomic E-state index is 12.8. The van der Waals surface area contributed by atoms with Gasteiger partial charge in [0.15, 0.2) is 11.5 Å². The predicted molar refractivity (Wildman–Crippen MR) is 126 cm³/mol. The molecule has 1 saturated heterocycles. The first kappa shape index (κ1) is 22.1. The maximum absolute atomic E-state index is 12.8. The summed E-state index contributed by atoms with van der Waals surface area (Å²) in [4.78, 5) is 23.2. The Hall–Kier alpha value is -4.11. The summed E-state index contributed by atoms with van der Waals surface area (Å²) in [7, 11) is 0. The third-order valence-corrected chi connectivity index (χ3v) is 5.31. The van der Waals surface area contributed by atoms with E-state index < -0.39 is 0 Å². The van der Waals surface area contributed by atoms with E-state index >= 15 is 0 Å². The normalized spacial score (nSPS) is 13.8. The molecule has 33 heavy (non-hydrogen) atoms. The molecule has 0 aliphatic carbocycles. The molecule has 1 aromatic heterocycles. The van der Waals surface area contributed by atoms with E-state index in [9.17, 15) is 4.79 Å². The van der Waals surface area contributed by atoms with E-state index in [0.29, 0.717) is 23.4 Å². The van der Waals surface area contributed by atoms with Crippen LogP contribution in [0.5, 0.6) is 0 Å². The molecular formula is C24H25N7O2. The Kier molecular flexibility index (Phi) is 6.70. The Balaban J connectivity index is 1.50. The molecule has 0 unspecified atom stereocenters. The molecule has 5 N–H and O–H groups in total. The lowest BCUT2D eigenvalue weighted by Gasteiger charge is -2.20. The first-order valence-electron chi connectivity index (χ1n) is 10.7. The van der Waals surface area contributed by atoms with E-state index in [1.165, 1.54) is 6.20 Å². The van der Waals surface area contributed by atoms with Crippen molar-refractivity contribution < 1.29 is 9.53 Å². The number of nitrogens with zero attached hydrogens (tertiary/aromatic N) is 3. The Morgan fingerprint density at radius 1 is 0.970 bits per heavy atom. The minimum Gasteiger partial charge on any atom is -0.419 e. The fourth-order valence-corrected chi connectivity index (χ4v) is 3.52. The molecule has 1 aliphatic heterocycles. The first-order chi connectivity index (χ1) is 16.0. The number of rotatable bonds is 4. The third-order valence-electron chi connectivity index (χ3n) is 5.31. The van der Waals surface area contributed by atoms with Crippen LogP contribution in [-0.2, 0) is 4.74 Å². The summed E-state index contributed by atoms with van der Waals surface area (Å²) >= 11 is 0. The third kappa shape index (κ3) is 5.21. The highest BCUT2D eigenvalue weighted by Crippen LogP contribution is 2.21. The summed E-state index contributed by atoms with van der Waals surface area (Å²) in [5.41, 5.74) is 8.32. The van der Waals surface area contributed by atoms with Gasteiger partial charge in [0.2, 0.25) is 11.8 Å². The standard InChI is InChI=1S/C24H25N7O2/c25-21-20(23(27)33-22(26)17-5-2-1-3-6-17)30-19(15-29-21)16-7-9-18(10-8-16)24(32)31-13-4-11-28-12-14-31/h1-3,5-10,15,26-28H,4,11-14H2,(H2,25,29). The zero-order valence-electron chi connectivity index (χ0n) is 18.0. The number of nitrogens with one attached hydrogen (secondary N) is 3. The predicted octanol–water partition coefficient (Wildman–Crippen LogP) is 2.53. The van der Waals surface area contributed by atoms with Crippen molar-refractivity contribution in [2.45, 2.75) is 6.42 Å². The second-order valence-corrected chi connectivity index (χ2v) is 7.59. The fraction of sp³-hybridized carbons (Fsp3) is 0.208. The Morgan fingerprint density at radius 2 is 1.73 bits per heavy atom. The number of carbonyl (C=O) groups excluding carboxylic acids is 1. The van der Waals surface area contributed by atoms with Crippen LogP contribution in [0.1, 0.15) is 28.0 Å². The number of hydrogen-bond acceptors (Lipinski definition) is 8. The van der Waals surface area contributed by atoms with Gasteiger partial charge in [0.05, 0.1) is 11.9 Å². The summed E-state index contributed by atoms with van der Waals surface area (Å²) in [6.07, 6.45) is 2.44. The highest BCUT2D eigenvalue weighted by atomic mass is 16.5. The lowest BCUT2D eigenvalue weighted by atomic mass is 10.1. The number of nitrogens with two attached hydrogens (primary N) is 1. The molecule has 2 heterocycles. The maximum Gasteiger partial charge on any atom is 0.253 e. The fourth-order valence-electron chi connectivity index (χ4n) is 3.52. The van der Waals surface area contributed by atoms with Crippen LogP contribution in [0.3, 0.4) is 0 Å². The van der Waals surface area contributed by atoms with Crippen LogP contribution in [0.2, 0.25) is 0 Å². The van der Waals surface area contributed by atoms with Gasteiger partial charge in [-0.25, -0.2) is 9.97 Å². The van der Waals surface area contributed by atoms with E-state index in [1.807, 2.05) is 11.0 Å². The molecule has 1 aliphatic rings. The largest absolute Gasteiger partial charge is 0.419 e. The van der Waals surface area contributed by atoms with Crippen LogP contribution < -0.4 is 11.1 Å². The van der Waals surface area contributed by atoms with Gasteiger partial charge in [0, 0.05) is 36.3 Å². The minimum atomic E-state index is -0.364. The minimum absolute atomic E-state index is 0.00364. The smallest absolute Gasteiger partial charge is 0.253 e. The van der Waals surface area contributed by atoms with Gasteiger partial charge < -0.3 is 20.7 Å². The summed E-state index contributed by atoms with van der Waals surface area (Å²) in [5, 5.41) is 19.6. The lowest BCUT2D eigenvalue weighted by molar-refractivity contribution is 0.0766. The molecule has 4 rings (SSSR count). The number of nitrogen functional groups attached to an aromatic ring is 1. The number of carbonyl (C=O) groups is 1. The highest BCUT2D eigenvalue weighted by molar-refractivity contribution is 6.05. The number of benzene rings is 2. The van der Waals surface area contributed by atoms with Gasteiger partial charge >= 0.3 is 0 Å². The topological polar surface area (TPSA) is 141 Å². The van der Waals surface area contributed by atoms with Crippen molar-refractivity contribution in [3.63, 3.8) is 0 Å². The first-order valence-corrected chi connectivity index (χ1v) is 10.7. The number of hydrogen-bond donors (Lipinski definition) is 4. The molecule has 9 nitrogen and oxygen atoms in total. The monoisotopic (exact) mass is 443 g/mol. The molecule has 0 saturated carbocycles. The molecule has 1 fully saturated rings. The van der Waals surface area contributed by atoms with Crippen molar-refractivity contribution in [1.29, 1.82) is 10.8 Å². The summed E-state index contributed by atoms with van der Waals surface area (Å²) in [6, 6.07) is 15.9. The Morgan fingerprint density at radius 3 is 2.48 bits per heavy atom. The van der Waals surface area contributed by atoms with Crippen molar-refractivity contribution in [2.24, 2.45) is 0 Å². The SMILES string of the molecule is N=C(OC(=N)c1nc(-c2ccc(C(=O)N3CCCNCC3)cc2)cnc1N)c1ccccc1. The van der Waals surface area contributed by atoms with Crippen molar-refractivity contribution >= 4 is 23.5 Å². The number of ether oxygens (including phenoxy) is 1. The number of aromatic nitrogens is 2. The number of amides is 1. The van der Waals surface area contributed by atoms with E-state index in [-0.39, 0.29) is 29.2 Å². The second kappa shape index (κ2) is 10.0. The van der Waals surface area contributed by atoms with E-state index in [1.54, 1.807) is 48.5 Å². The molecule has 3 aromatic rings. The lowest BCUT2D eigenvalue weighted by Crippen LogP contribution is -2.34. The average Bonchev–Trinajstić information content (AvgIpc) is 3.14. The van der Waals surface area contributed by atoms with Crippen LogP contribution in [0, 0.1) is 10.8 Å². The van der Waals surface area contributed by atoms with E-state index in [4.69, 9.17) is 21.3 Å². The molecule has 1 amide bonds. The van der Waals surface area contributed by atoms with Crippen LogP contribution in [0.4, 0.5) is 5.82 Å². The van der Waals surface area contributed by atoms with Crippen molar-refractivity contribution in [2.75, 3.05) is 31.9 Å². The van der Waals surface area contributed by atoms with Crippen LogP contribution in [0.15, 0.2) is 60.8 Å². The highest BCUT2D eigenvalue weighted by Gasteiger charge is 2.18. The van der Waals surface area contributed by atoms with Gasteiger partial charge in [-0.1, -0.05) is 30.3 Å². The van der Waals surface area contributed by atoms with E-state index in [2.05, 4.69) is 15.3 Å². The van der Waals surface area contributed by atoms with Gasteiger partial charge in [-0.05, 0) is 37.2 Å². The van der Waals surface area contributed by atoms with Crippen molar-refractivity contribution in [1.82, 2.24) is 20.2 Å². The quantitative estimate of drug-likeness (QED) is 0.361. The van der Waals surface area contributed by atoms with Gasteiger partial charge in [-0.2, -0.15) is 0 Å². The van der Waals surface area contributed by atoms with Crippen LogP contribution in [-0.4, -0.2) is 58.7 Å².